The Bertz CT molecular complexity index is 1170. The van der Waals surface area contributed by atoms with Crippen molar-refractivity contribution in [3.05, 3.63) is 12.7 Å². The van der Waals surface area contributed by atoms with Gasteiger partial charge in [-0.05, 0) is 103 Å². The molecule has 0 saturated carbocycles. The van der Waals surface area contributed by atoms with Gasteiger partial charge >= 0.3 is 68.5 Å². The van der Waals surface area contributed by atoms with E-state index in [-0.39, 0.29) is 0 Å². The van der Waals surface area contributed by atoms with Crippen LogP contribution in [-0.2, 0) is 32.9 Å². The third kappa shape index (κ3) is 11.8. The van der Waals surface area contributed by atoms with Crippen LogP contribution in [0.3, 0.4) is 0 Å². The van der Waals surface area contributed by atoms with Crippen LogP contribution in [0.5, 0.6) is 0 Å². The number of hydrogen-bond donors (Lipinski definition) is 0. The van der Waals surface area contributed by atoms with Crippen LogP contribution in [0, 0.1) is 41.4 Å². The number of allylic oxidation sites excluding steroid dienone is 1. The van der Waals surface area contributed by atoms with E-state index in [0.717, 1.165) is 83.9 Å². The number of hydrogen-bond acceptors (Lipinski definition) is 8. The molecule has 0 aromatic heterocycles. The summed E-state index contributed by atoms with van der Waals surface area (Å²) in [5.41, 5.74) is 3.36. The molecule has 0 N–H and O–H groups in total. The summed E-state index contributed by atoms with van der Waals surface area (Å²) in [7, 11) is -24.6. The molecule has 16 heteroatoms. The van der Waals surface area contributed by atoms with Crippen molar-refractivity contribution in [1.29, 1.82) is 0 Å². The van der Waals surface area contributed by atoms with Crippen molar-refractivity contribution in [2.45, 2.75) is 200 Å². The zero-order valence-corrected chi connectivity index (χ0v) is 46.6. The Morgan fingerprint density at radius 3 is 0.786 bits per heavy atom. The minimum Gasteiger partial charge on any atom is -0.415 e. The Labute approximate surface area is 353 Å². The average Bonchev–Trinajstić information content (AvgIpc) is 2.92. The van der Waals surface area contributed by atoms with Crippen molar-refractivity contribution in [3.63, 3.8) is 0 Å². The third-order valence-electron chi connectivity index (χ3n) is 11.9. The molecule has 6 saturated heterocycles. The molecule has 6 heterocycles. The monoisotopic (exact) mass is 918 g/mol. The average molecular weight is 920 g/mol. The molecule has 0 aromatic rings. The number of rotatable bonds is 21. The predicted octanol–water partition coefficient (Wildman–Crippen LogP) is 12.6. The second kappa shape index (κ2) is 18.5. The highest BCUT2D eigenvalue weighted by atomic mass is 28.6. The maximum Gasteiger partial charge on any atom is 0.322 e. The lowest BCUT2D eigenvalue weighted by Crippen LogP contribution is -2.85. The highest BCUT2D eigenvalue weighted by Crippen LogP contribution is 2.59. The lowest BCUT2D eigenvalue weighted by molar-refractivity contribution is 0.156. The van der Waals surface area contributed by atoms with E-state index in [1.807, 2.05) is 0 Å². The van der Waals surface area contributed by atoms with E-state index in [9.17, 15) is 0 Å². The van der Waals surface area contributed by atoms with Gasteiger partial charge in [0.05, 0.1) is 0 Å². The molecule has 56 heavy (non-hydrogen) atoms. The quantitative estimate of drug-likeness (QED) is 0.0640. The number of unbranched alkanes of at least 4 members (excludes halogenated alkanes) is 4. The highest BCUT2D eigenvalue weighted by molar-refractivity contribution is 7.13. The smallest absolute Gasteiger partial charge is 0.322 e. The molecular formula is C40H86O8Si8. The minimum absolute atomic E-state index is 0.412. The van der Waals surface area contributed by atoms with Gasteiger partial charge in [0.15, 0.2) is 0 Å². The minimum atomic E-state index is -3.07. The van der Waals surface area contributed by atoms with E-state index in [0.29, 0.717) is 41.4 Å². The van der Waals surface area contributed by atoms with Crippen molar-refractivity contribution < 1.29 is 32.9 Å². The molecule has 0 aliphatic carbocycles. The first-order valence-corrected chi connectivity index (χ1v) is 41.0. The molecule has 6 rings (SSSR count). The Kier molecular flexibility index (Phi) is 15.9. The van der Waals surface area contributed by atoms with Gasteiger partial charge in [0, 0.05) is 22.7 Å². The largest absolute Gasteiger partial charge is 0.415 e. The second-order valence-corrected chi connectivity index (χ2v) is 52.4. The van der Waals surface area contributed by atoms with Crippen molar-refractivity contribution in [3.8, 4) is 0 Å². The van der Waals surface area contributed by atoms with Crippen LogP contribution in [0.25, 0.3) is 0 Å². The molecule has 6 aliphatic rings. The first-order chi connectivity index (χ1) is 26.0. The second-order valence-electron chi connectivity index (χ2n) is 22.2. The summed E-state index contributed by atoms with van der Waals surface area (Å²) in [5, 5.41) is 0. The van der Waals surface area contributed by atoms with E-state index in [1.54, 1.807) is 0 Å². The lowest BCUT2D eigenvalue weighted by Gasteiger charge is -2.66. The SMILES string of the molecule is C=CCCCCCC[Si]12C[Si]3(CC(C)C)O[Si]4(CC(C)C)C[Si]5(CC(C)C)O[Si](CC(C)C)(C[Si](CC(C)C)(O1)O4)O[Si](CC(C)C)(C[Si](CC(C)C)(O3)O5)O2. The maximum atomic E-state index is 8.45. The third-order valence-corrected chi connectivity index (χ3v) is 64.1. The molecule has 326 valence electrons. The molecular weight excluding hydrogens is 833 g/mol. The molecule has 0 spiro atoms. The summed E-state index contributed by atoms with van der Waals surface area (Å²) < 4.78 is 67.2. The van der Waals surface area contributed by atoms with Gasteiger partial charge in [0.25, 0.3) is 0 Å². The van der Waals surface area contributed by atoms with E-state index < -0.39 is 68.5 Å². The lowest BCUT2D eigenvalue weighted by atomic mass is 10.1. The van der Waals surface area contributed by atoms with Crippen LogP contribution in [-0.4, -0.2) is 68.5 Å². The van der Waals surface area contributed by atoms with Crippen LogP contribution in [0.2, 0.25) is 71.0 Å². The molecule has 8 atom stereocenters. The summed E-state index contributed by atoms with van der Waals surface area (Å²) in [6.07, 6.45) is 7.81. The van der Waals surface area contributed by atoms with E-state index in [1.165, 1.54) is 19.3 Å². The van der Waals surface area contributed by atoms with Crippen molar-refractivity contribution in [2.24, 2.45) is 41.4 Å². The van der Waals surface area contributed by atoms with Crippen LogP contribution in [0.15, 0.2) is 12.7 Å². The summed E-state index contributed by atoms with van der Waals surface area (Å²) in [6.45, 7) is 37.2. The van der Waals surface area contributed by atoms with Gasteiger partial charge in [-0.15, -0.1) is 6.58 Å². The first kappa shape index (κ1) is 48.2. The van der Waals surface area contributed by atoms with Gasteiger partial charge in [0.1, 0.15) is 0 Å². The van der Waals surface area contributed by atoms with Gasteiger partial charge in [0.2, 0.25) is 0 Å². The topological polar surface area (TPSA) is 73.8 Å². The van der Waals surface area contributed by atoms with Crippen LogP contribution in [0.1, 0.15) is 129 Å². The molecule has 8 unspecified atom stereocenters. The van der Waals surface area contributed by atoms with Crippen LogP contribution < -0.4 is 0 Å². The molecule has 0 aromatic carbocycles. The molecule has 0 amide bonds. The van der Waals surface area contributed by atoms with Gasteiger partial charge < -0.3 is 32.9 Å². The Morgan fingerprint density at radius 1 is 0.339 bits per heavy atom. The summed E-state index contributed by atoms with van der Waals surface area (Å²) in [5.74, 6) is 2.88. The van der Waals surface area contributed by atoms with Gasteiger partial charge in [-0.3, -0.25) is 0 Å². The van der Waals surface area contributed by atoms with Crippen molar-refractivity contribution >= 4 is 68.5 Å². The predicted molar refractivity (Wildman–Crippen MR) is 250 cm³/mol. The highest BCUT2D eigenvalue weighted by Gasteiger charge is 2.78. The molecule has 8 bridgehead atoms. The van der Waals surface area contributed by atoms with E-state index in [4.69, 9.17) is 32.9 Å². The van der Waals surface area contributed by atoms with E-state index in [2.05, 4.69) is 110 Å². The summed E-state index contributed by atoms with van der Waals surface area (Å²) >= 11 is 0. The van der Waals surface area contributed by atoms with Crippen LogP contribution in [0.4, 0.5) is 0 Å². The van der Waals surface area contributed by atoms with E-state index >= 15 is 0 Å². The van der Waals surface area contributed by atoms with Gasteiger partial charge in [-0.2, -0.15) is 0 Å². The molecule has 6 fully saturated rings. The van der Waals surface area contributed by atoms with Gasteiger partial charge in [-0.1, -0.05) is 122 Å². The molecule has 0 radical (unpaired) electrons. The van der Waals surface area contributed by atoms with Gasteiger partial charge in [-0.25, -0.2) is 0 Å². The summed E-state index contributed by atoms with van der Waals surface area (Å²) in [6, 6.07) is 7.50. The Hall–Kier alpha value is 1.16. The standard InChI is InChI=1S/C40H86O8Si8/c1-16-17-18-19-20-21-22-49-30-50(23-34(2)3)43-53(26-37(8)9)31-51(41-49,24-35(4)5)45-54(27-38(10)11)32-52(42-49,25-36(6)7)46-55(44-50,28-39(12)13)33-56(47-53,48-54)29-40(14)15/h16,34-40H,1,17-33H2,2-15H3. The zero-order chi connectivity index (χ0) is 41.4. The van der Waals surface area contributed by atoms with Crippen LogP contribution >= 0.6 is 0 Å². The summed E-state index contributed by atoms with van der Waals surface area (Å²) in [4.78, 5) is 0. The fourth-order valence-corrected chi connectivity index (χ4v) is 85.7. The maximum absolute atomic E-state index is 8.45. The molecule has 6 aliphatic heterocycles. The van der Waals surface area contributed by atoms with Crippen molar-refractivity contribution in [2.75, 3.05) is 0 Å². The molecule has 8 nitrogen and oxygen atoms in total. The first-order valence-electron chi connectivity index (χ1n) is 23.2. The zero-order valence-electron chi connectivity index (χ0n) is 38.6. The normalized spacial score (nSPS) is 39.7. The fourth-order valence-electron chi connectivity index (χ4n) is 11.8. The Morgan fingerprint density at radius 2 is 0.554 bits per heavy atom. The fraction of sp³-hybridized carbons (Fsp3) is 0.950. The van der Waals surface area contributed by atoms with Crippen molar-refractivity contribution in [1.82, 2.24) is 0 Å². The Balaban J connectivity index is 1.90.